The minimum Gasteiger partial charge on any atom is -0.345 e. The molecule has 0 saturated carbocycles. The zero-order chi connectivity index (χ0) is 15.6. The summed E-state index contributed by atoms with van der Waals surface area (Å²) in [5.74, 6) is 0.0410. The third-order valence-corrected chi connectivity index (χ3v) is 4.10. The van der Waals surface area contributed by atoms with E-state index in [1.54, 1.807) is 6.07 Å². The molecule has 0 aliphatic rings. The molecule has 21 heavy (non-hydrogen) atoms. The van der Waals surface area contributed by atoms with Crippen molar-refractivity contribution in [3.63, 3.8) is 0 Å². The largest absolute Gasteiger partial charge is 0.345 e. The maximum atomic E-state index is 12.4. The fourth-order valence-corrected chi connectivity index (χ4v) is 2.02. The van der Waals surface area contributed by atoms with Crippen molar-refractivity contribution >= 4 is 17.0 Å². The first kappa shape index (κ1) is 15.4. The third kappa shape index (κ3) is 2.90. The van der Waals surface area contributed by atoms with Crippen molar-refractivity contribution < 1.29 is 9.32 Å². The minimum atomic E-state index is -0.450. The van der Waals surface area contributed by atoms with Crippen molar-refractivity contribution in [3.05, 3.63) is 23.5 Å². The summed E-state index contributed by atoms with van der Waals surface area (Å²) < 4.78 is 5.12. The first-order valence-corrected chi connectivity index (χ1v) is 7.18. The first-order valence-electron chi connectivity index (χ1n) is 7.18. The highest BCUT2D eigenvalue weighted by molar-refractivity contribution is 5.97. The smallest absolute Gasteiger partial charge is 0.257 e. The molecular formula is C15H22N4O2. The van der Waals surface area contributed by atoms with Gasteiger partial charge in [0.1, 0.15) is 0 Å². The lowest BCUT2D eigenvalue weighted by atomic mass is 9.88. The van der Waals surface area contributed by atoms with Crippen LogP contribution in [0.1, 0.15) is 43.7 Å². The summed E-state index contributed by atoms with van der Waals surface area (Å²) >= 11 is 0. The van der Waals surface area contributed by atoms with Crippen molar-refractivity contribution in [3.8, 4) is 0 Å². The second-order valence-electron chi connectivity index (χ2n) is 5.79. The molecule has 2 heterocycles. The number of rotatable bonds is 5. The number of hydrogen-bond acceptors (Lipinski definition) is 5. The van der Waals surface area contributed by atoms with Gasteiger partial charge in [-0.05, 0) is 25.3 Å². The number of aryl methyl sites for hydroxylation is 1. The van der Waals surface area contributed by atoms with Crippen LogP contribution in [0.2, 0.25) is 0 Å². The number of hydrogen-bond donors (Lipinski definition) is 2. The number of carbonyl (C=O) groups excluding carboxylic acids is 1. The van der Waals surface area contributed by atoms with E-state index < -0.39 is 5.54 Å². The van der Waals surface area contributed by atoms with E-state index in [0.717, 1.165) is 17.5 Å². The molecule has 0 saturated heterocycles. The number of carbonyl (C=O) groups is 1. The molecule has 1 unspecified atom stereocenters. The molecule has 1 atom stereocenters. The predicted molar refractivity (Wildman–Crippen MR) is 80.9 cm³/mol. The summed E-state index contributed by atoms with van der Waals surface area (Å²) in [5.41, 5.74) is 7.09. The second kappa shape index (κ2) is 5.81. The monoisotopic (exact) mass is 290 g/mol. The van der Waals surface area contributed by atoms with Crippen LogP contribution < -0.4 is 11.1 Å². The summed E-state index contributed by atoms with van der Waals surface area (Å²) in [4.78, 5) is 16.6. The number of pyridine rings is 1. The highest BCUT2D eigenvalue weighted by atomic mass is 16.5. The van der Waals surface area contributed by atoms with Gasteiger partial charge in [0, 0.05) is 12.7 Å². The Kier molecular flexibility index (Phi) is 4.27. The van der Waals surface area contributed by atoms with Gasteiger partial charge in [0.15, 0.2) is 0 Å². The molecule has 2 aromatic heterocycles. The summed E-state index contributed by atoms with van der Waals surface area (Å²) in [6.45, 7) is 8.36. The highest BCUT2D eigenvalue weighted by Gasteiger charge is 2.29. The SMILES string of the molecule is CCc1noc2ncc(C(=O)NC(C)(CN)C(C)C)cc12. The zero-order valence-electron chi connectivity index (χ0n) is 12.9. The molecule has 6 nitrogen and oxygen atoms in total. The fourth-order valence-electron chi connectivity index (χ4n) is 2.02. The lowest BCUT2D eigenvalue weighted by Crippen LogP contribution is -2.55. The van der Waals surface area contributed by atoms with Gasteiger partial charge in [0.05, 0.1) is 22.2 Å². The predicted octanol–water partition coefficient (Wildman–Crippen LogP) is 1.89. The quantitative estimate of drug-likeness (QED) is 0.877. The maximum absolute atomic E-state index is 12.4. The van der Waals surface area contributed by atoms with Crippen molar-refractivity contribution in [2.45, 2.75) is 39.7 Å². The molecule has 114 valence electrons. The van der Waals surface area contributed by atoms with Gasteiger partial charge in [0.25, 0.3) is 11.6 Å². The minimum absolute atomic E-state index is 0.186. The Morgan fingerprint density at radius 2 is 2.24 bits per heavy atom. The molecule has 0 aliphatic carbocycles. The molecule has 3 N–H and O–H groups in total. The van der Waals surface area contributed by atoms with E-state index in [4.69, 9.17) is 10.3 Å². The Labute approximate surface area is 124 Å². The lowest BCUT2D eigenvalue weighted by Gasteiger charge is -2.33. The Balaban J connectivity index is 2.31. The van der Waals surface area contributed by atoms with Gasteiger partial charge in [-0.15, -0.1) is 0 Å². The molecule has 2 aromatic rings. The summed E-state index contributed by atoms with van der Waals surface area (Å²) in [6.07, 6.45) is 2.23. The molecule has 1 amide bonds. The highest BCUT2D eigenvalue weighted by Crippen LogP contribution is 2.20. The van der Waals surface area contributed by atoms with E-state index in [-0.39, 0.29) is 11.8 Å². The van der Waals surface area contributed by atoms with Gasteiger partial charge in [-0.1, -0.05) is 25.9 Å². The maximum Gasteiger partial charge on any atom is 0.257 e. The summed E-state index contributed by atoms with van der Waals surface area (Å²) in [7, 11) is 0. The molecule has 2 rings (SSSR count). The topological polar surface area (TPSA) is 94.0 Å². The van der Waals surface area contributed by atoms with Crippen LogP contribution in [-0.2, 0) is 6.42 Å². The number of fused-ring (bicyclic) bond motifs is 1. The third-order valence-electron chi connectivity index (χ3n) is 4.10. The van der Waals surface area contributed by atoms with Gasteiger partial charge >= 0.3 is 0 Å². The molecule has 6 heteroatoms. The van der Waals surface area contributed by atoms with Gasteiger partial charge in [0.2, 0.25) is 0 Å². The zero-order valence-corrected chi connectivity index (χ0v) is 12.9. The summed E-state index contributed by atoms with van der Waals surface area (Å²) in [6, 6.07) is 1.77. The van der Waals surface area contributed by atoms with Crippen LogP contribution in [0.25, 0.3) is 11.1 Å². The molecule has 0 aromatic carbocycles. The van der Waals surface area contributed by atoms with Crippen LogP contribution in [0.5, 0.6) is 0 Å². The number of nitrogens with one attached hydrogen (secondary N) is 1. The normalized spacial score (nSPS) is 14.4. The molecule has 0 radical (unpaired) electrons. The Hall–Kier alpha value is -1.95. The Morgan fingerprint density at radius 1 is 1.52 bits per heavy atom. The average molecular weight is 290 g/mol. The van der Waals surface area contributed by atoms with Gasteiger partial charge in [-0.3, -0.25) is 4.79 Å². The summed E-state index contributed by atoms with van der Waals surface area (Å²) in [5, 5.41) is 7.72. The van der Waals surface area contributed by atoms with Crippen molar-refractivity contribution in [2.75, 3.05) is 6.54 Å². The van der Waals surface area contributed by atoms with E-state index in [0.29, 0.717) is 17.8 Å². The number of nitrogens with two attached hydrogens (primary N) is 1. The van der Waals surface area contributed by atoms with E-state index in [9.17, 15) is 4.79 Å². The van der Waals surface area contributed by atoms with Crippen molar-refractivity contribution in [2.24, 2.45) is 11.7 Å². The number of amides is 1. The number of aromatic nitrogens is 2. The Bertz CT molecular complexity index is 650. The second-order valence-corrected chi connectivity index (χ2v) is 5.79. The molecule has 0 bridgehead atoms. The standard InChI is InChI=1S/C15H22N4O2/c1-5-12-11-6-10(7-17-14(11)21-19-12)13(20)18-15(4,8-16)9(2)3/h6-7,9H,5,8,16H2,1-4H3,(H,18,20). The van der Waals surface area contributed by atoms with E-state index >= 15 is 0 Å². The first-order chi connectivity index (χ1) is 9.91. The Morgan fingerprint density at radius 3 is 2.81 bits per heavy atom. The molecule has 0 spiro atoms. The van der Waals surface area contributed by atoms with E-state index in [1.165, 1.54) is 6.20 Å². The van der Waals surface area contributed by atoms with E-state index in [2.05, 4.69) is 15.5 Å². The van der Waals surface area contributed by atoms with Crippen LogP contribution in [0.3, 0.4) is 0 Å². The van der Waals surface area contributed by atoms with Crippen LogP contribution in [-0.4, -0.2) is 28.1 Å². The average Bonchev–Trinajstić information content (AvgIpc) is 2.88. The molecule has 0 fully saturated rings. The van der Waals surface area contributed by atoms with Gasteiger partial charge in [-0.2, -0.15) is 0 Å². The van der Waals surface area contributed by atoms with Crippen LogP contribution in [0, 0.1) is 5.92 Å². The van der Waals surface area contributed by atoms with Crippen LogP contribution in [0.4, 0.5) is 0 Å². The molecule has 0 aliphatic heterocycles. The van der Waals surface area contributed by atoms with Crippen molar-refractivity contribution in [1.29, 1.82) is 0 Å². The van der Waals surface area contributed by atoms with Crippen molar-refractivity contribution in [1.82, 2.24) is 15.5 Å². The van der Waals surface area contributed by atoms with Crippen LogP contribution in [0.15, 0.2) is 16.8 Å². The van der Waals surface area contributed by atoms with E-state index in [1.807, 2.05) is 27.7 Å². The van der Waals surface area contributed by atoms with Crippen LogP contribution >= 0.6 is 0 Å². The van der Waals surface area contributed by atoms with Gasteiger partial charge in [-0.25, -0.2) is 4.98 Å². The number of nitrogens with zero attached hydrogens (tertiary/aromatic N) is 2. The lowest BCUT2D eigenvalue weighted by molar-refractivity contribution is 0.0883. The molecular weight excluding hydrogens is 268 g/mol. The fraction of sp³-hybridized carbons (Fsp3) is 0.533. The van der Waals surface area contributed by atoms with Gasteiger partial charge < -0.3 is 15.6 Å².